The average Bonchev–Trinajstić information content (AvgIpc) is 3.05. The number of aliphatic hydroxyl groups is 1. The molecule has 0 saturated heterocycles. The van der Waals surface area contributed by atoms with Crippen LogP contribution in [-0.4, -0.2) is 53.0 Å². The minimum absolute atomic E-state index is 0.0853. The van der Waals surface area contributed by atoms with Gasteiger partial charge in [0.05, 0.1) is 19.8 Å². The second kappa shape index (κ2) is 8.87. The van der Waals surface area contributed by atoms with Crippen LogP contribution < -0.4 is 0 Å². The van der Waals surface area contributed by atoms with Crippen molar-refractivity contribution in [3.8, 4) is 0 Å². The third kappa shape index (κ3) is 3.81. The predicted octanol–water partition coefficient (Wildman–Crippen LogP) is 2.28. The Morgan fingerprint density at radius 1 is 0.800 bits per heavy atom. The molecule has 0 aliphatic rings. The number of carbonyl (C=O) groups excluding carboxylic acids is 4. The Labute approximate surface area is 172 Å². The third-order valence-electron chi connectivity index (χ3n) is 4.63. The van der Waals surface area contributed by atoms with Gasteiger partial charge in [0.2, 0.25) is 0 Å². The molecule has 30 heavy (non-hydrogen) atoms. The topological polar surface area (TPSA) is 112 Å². The number of fused-ring (bicyclic) bond motifs is 3. The Morgan fingerprint density at radius 2 is 1.23 bits per heavy atom. The van der Waals surface area contributed by atoms with Crippen LogP contribution in [0, 0.1) is 0 Å². The molecule has 3 rings (SSSR count). The van der Waals surface area contributed by atoms with Gasteiger partial charge in [-0.05, 0) is 50.2 Å². The molecule has 0 aliphatic heterocycles. The van der Waals surface area contributed by atoms with E-state index in [9.17, 15) is 24.3 Å². The van der Waals surface area contributed by atoms with Crippen molar-refractivity contribution in [2.75, 3.05) is 19.8 Å². The lowest BCUT2D eigenvalue weighted by Gasteiger charge is -2.06. The van der Waals surface area contributed by atoms with Gasteiger partial charge in [-0.15, -0.1) is 0 Å². The van der Waals surface area contributed by atoms with E-state index in [4.69, 9.17) is 9.47 Å². The molecule has 0 atom stereocenters. The molecule has 1 N–H and O–H groups in total. The summed E-state index contributed by atoms with van der Waals surface area (Å²) in [5, 5.41) is 10.7. The maximum absolute atomic E-state index is 12.3. The maximum atomic E-state index is 12.3. The zero-order valence-electron chi connectivity index (χ0n) is 16.6. The van der Waals surface area contributed by atoms with Crippen LogP contribution in [0.5, 0.6) is 0 Å². The van der Waals surface area contributed by atoms with Crippen LogP contribution in [0.15, 0.2) is 36.4 Å². The molecule has 1 heterocycles. The molecule has 2 aromatic carbocycles. The van der Waals surface area contributed by atoms with E-state index < -0.39 is 23.5 Å². The Bertz CT molecular complexity index is 1070. The van der Waals surface area contributed by atoms with Gasteiger partial charge in [-0.3, -0.25) is 9.59 Å². The van der Waals surface area contributed by atoms with E-state index in [0.29, 0.717) is 21.8 Å². The van der Waals surface area contributed by atoms with Gasteiger partial charge in [0.15, 0.2) is 0 Å². The number of aromatic nitrogens is 1. The van der Waals surface area contributed by atoms with Crippen LogP contribution in [-0.2, 0) is 25.6 Å². The van der Waals surface area contributed by atoms with Crippen molar-refractivity contribution in [3.05, 3.63) is 47.5 Å². The van der Waals surface area contributed by atoms with Crippen LogP contribution in [0.1, 0.15) is 34.6 Å². The van der Waals surface area contributed by atoms with Crippen molar-refractivity contribution in [1.29, 1.82) is 0 Å². The van der Waals surface area contributed by atoms with Gasteiger partial charge in [-0.25, -0.2) is 9.59 Å². The van der Waals surface area contributed by atoms with Crippen LogP contribution in [0.25, 0.3) is 21.8 Å². The zero-order chi connectivity index (χ0) is 21.8. The SMILES string of the molecule is CCOC(=O)C(=O)c1ccc2c(c1)c1cc(C(=O)C(=O)OCC)ccc1n2CCO. The number of rotatable bonds is 8. The number of hydrogen-bond acceptors (Lipinski definition) is 7. The van der Waals surface area contributed by atoms with Gasteiger partial charge >= 0.3 is 11.9 Å². The molecule has 156 valence electrons. The molecule has 0 bridgehead atoms. The quantitative estimate of drug-likeness (QED) is 0.344. The van der Waals surface area contributed by atoms with Crippen LogP contribution >= 0.6 is 0 Å². The molecule has 0 radical (unpaired) electrons. The van der Waals surface area contributed by atoms with Gasteiger partial charge in [0, 0.05) is 39.5 Å². The highest BCUT2D eigenvalue weighted by Crippen LogP contribution is 2.31. The minimum atomic E-state index is -0.950. The van der Waals surface area contributed by atoms with E-state index in [2.05, 4.69) is 0 Å². The highest BCUT2D eigenvalue weighted by Gasteiger charge is 2.22. The molecule has 0 fully saturated rings. The number of carbonyl (C=O) groups is 4. The first-order chi connectivity index (χ1) is 14.4. The molecule has 0 spiro atoms. The number of ketones is 2. The van der Waals surface area contributed by atoms with E-state index in [1.807, 2.05) is 4.57 Å². The highest BCUT2D eigenvalue weighted by atomic mass is 16.5. The summed E-state index contributed by atoms with van der Waals surface area (Å²) in [4.78, 5) is 48.3. The van der Waals surface area contributed by atoms with Crippen molar-refractivity contribution < 1.29 is 33.8 Å². The summed E-state index contributed by atoms with van der Waals surface area (Å²) in [5.74, 6) is -3.45. The van der Waals surface area contributed by atoms with E-state index in [-0.39, 0.29) is 37.5 Å². The number of hydrogen-bond donors (Lipinski definition) is 1. The summed E-state index contributed by atoms with van der Waals surface area (Å²) in [7, 11) is 0. The van der Waals surface area contributed by atoms with E-state index >= 15 is 0 Å². The molecule has 1 aromatic heterocycles. The van der Waals surface area contributed by atoms with E-state index in [1.54, 1.807) is 38.1 Å². The number of nitrogens with zero attached hydrogens (tertiary/aromatic N) is 1. The largest absolute Gasteiger partial charge is 0.460 e. The normalized spacial score (nSPS) is 10.9. The van der Waals surface area contributed by atoms with Crippen LogP contribution in [0.2, 0.25) is 0 Å². The van der Waals surface area contributed by atoms with Gasteiger partial charge in [-0.2, -0.15) is 0 Å². The fraction of sp³-hybridized carbons (Fsp3) is 0.273. The lowest BCUT2D eigenvalue weighted by atomic mass is 10.0. The summed E-state index contributed by atoms with van der Waals surface area (Å²) in [6.45, 7) is 3.56. The summed E-state index contributed by atoms with van der Waals surface area (Å²) in [5.41, 5.74) is 1.71. The zero-order valence-corrected chi connectivity index (χ0v) is 16.6. The van der Waals surface area contributed by atoms with Gasteiger partial charge in [0.1, 0.15) is 0 Å². The molecule has 8 heteroatoms. The highest BCUT2D eigenvalue weighted by molar-refractivity contribution is 6.42. The molecular formula is C22H21NO7. The first-order valence-corrected chi connectivity index (χ1v) is 9.52. The standard InChI is InChI=1S/C22H21NO7/c1-3-29-21(27)19(25)13-5-7-17-15(11-13)16-12-14(20(26)22(28)30-4-2)6-8-18(16)23(17)9-10-24/h5-8,11-12,24H,3-4,9-10H2,1-2H3. The molecule has 0 unspecified atom stereocenters. The second-order valence-corrected chi connectivity index (χ2v) is 6.44. The Balaban J connectivity index is 2.18. The number of ether oxygens (including phenoxy) is 2. The molecule has 0 aliphatic carbocycles. The predicted molar refractivity (Wildman–Crippen MR) is 108 cm³/mol. The molecule has 0 amide bonds. The maximum Gasteiger partial charge on any atom is 0.379 e. The smallest absolute Gasteiger partial charge is 0.379 e. The molecule has 3 aromatic rings. The van der Waals surface area contributed by atoms with Crippen molar-refractivity contribution in [2.24, 2.45) is 0 Å². The Kier molecular flexibility index (Phi) is 6.27. The van der Waals surface area contributed by atoms with E-state index in [0.717, 1.165) is 0 Å². The van der Waals surface area contributed by atoms with Crippen LogP contribution in [0.4, 0.5) is 0 Å². The Morgan fingerprint density at radius 3 is 1.60 bits per heavy atom. The van der Waals surface area contributed by atoms with Crippen molar-refractivity contribution >= 4 is 45.3 Å². The summed E-state index contributed by atoms with van der Waals surface area (Å²) >= 11 is 0. The first-order valence-electron chi connectivity index (χ1n) is 9.52. The lowest BCUT2D eigenvalue weighted by molar-refractivity contribution is -0.138. The third-order valence-corrected chi connectivity index (χ3v) is 4.63. The number of esters is 2. The number of aliphatic hydroxyl groups excluding tert-OH is 1. The molecule has 0 saturated carbocycles. The first kappa shape index (κ1) is 21.2. The lowest BCUT2D eigenvalue weighted by Crippen LogP contribution is -2.17. The van der Waals surface area contributed by atoms with Gasteiger partial charge in [-0.1, -0.05) is 0 Å². The fourth-order valence-electron chi connectivity index (χ4n) is 3.36. The number of benzene rings is 2. The second-order valence-electron chi connectivity index (χ2n) is 6.44. The monoisotopic (exact) mass is 411 g/mol. The minimum Gasteiger partial charge on any atom is -0.460 e. The van der Waals surface area contributed by atoms with Crippen molar-refractivity contribution in [1.82, 2.24) is 4.57 Å². The van der Waals surface area contributed by atoms with Crippen molar-refractivity contribution in [2.45, 2.75) is 20.4 Å². The van der Waals surface area contributed by atoms with Crippen molar-refractivity contribution in [3.63, 3.8) is 0 Å². The Hall–Kier alpha value is -3.52. The van der Waals surface area contributed by atoms with Gasteiger partial charge < -0.3 is 19.1 Å². The number of Topliss-reactive ketones (excluding diaryl/α,β-unsaturated/α-hetero) is 2. The summed E-state index contributed by atoms with van der Waals surface area (Å²) in [6, 6.07) is 9.46. The molecule has 8 nitrogen and oxygen atoms in total. The van der Waals surface area contributed by atoms with E-state index in [1.165, 1.54) is 12.1 Å². The summed E-state index contributed by atoms with van der Waals surface area (Å²) < 4.78 is 11.4. The average molecular weight is 411 g/mol. The summed E-state index contributed by atoms with van der Waals surface area (Å²) in [6.07, 6.45) is 0. The van der Waals surface area contributed by atoms with Gasteiger partial charge in [0.25, 0.3) is 11.6 Å². The van der Waals surface area contributed by atoms with Crippen LogP contribution in [0.3, 0.4) is 0 Å². The fourth-order valence-corrected chi connectivity index (χ4v) is 3.36. The molecular weight excluding hydrogens is 390 g/mol.